The minimum absolute atomic E-state index is 0.250. The molecule has 4 nitrogen and oxygen atoms in total. The van der Waals surface area contributed by atoms with Gasteiger partial charge in [0.05, 0.1) is 22.6 Å². The molecule has 1 aromatic carbocycles. The van der Waals surface area contributed by atoms with Crippen LogP contribution in [-0.4, -0.2) is 25.7 Å². The van der Waals surface area contributed by atoms with Crippen LogP contribution in [0.4, 0.5) is 13.2 Å². The van der Waals surface area contributed by atoms with Gasteiger partial charge in [0, 0.05) is 0 Å². The summed E-state index contributed by atoms with van der Waals surface area (Å²) in [7, 11) is -3.91. The first-order valence-electron chi connectivity index (χ1n) is 5.51. The Morgan fingerprint density at radius 1 is 1.21 bits per heavy atom. The van der Waals surface area contributed by atoms with Crippen molar-refractivity contribution in [2.24, 2.45) is 0 Å². The topological polar surface area (TPSA) is 66.4 Å². The van der Waals surface area contributed by atoms with Crippen molar-refractivity contribution < 1.29 is 26.7 Å². The molecule has 0 bridgehead atoms. The van der Waals surface area contributed by atoms with Crippen LogP contribution in [0.2, 0.25) is 0 Å². The molecule has 2 N–H and O–H groups in total. The molecule has 0 saturated heterocycles. The second kappa shape index (κ2) is 4.46. The Labute approximate surface area is 108 Å². The van der Waals surface area contributed by atoms with E-state index in [0.717, 1.165) is 12.1 Å². The van der Waals surface area contributed by atoms with Crippen LogP contribution in [0.1, 0.15) is 18.4 Å². The Balaban J connectivity index is 2.22. The fraction of sp³-hybridized carbons (Fsp3) is 0.455. The van der Waals surface area contributed by atoms with Gasteiger partial charge in [-0.05, 0) is 37.1 Å². The maximum Gasteiger partial charge on any atom is 0.416 e. The van der Waals surface area contributed by atoms with Crippen molar-refractivity contribution in [3.8, 4) is 0 Å². The van der Waals surface area contributed by atoms with Crippen LogP contribution in [0.25, 0.3) is 0 Å². The Hall–Kier alpha value is -1.12. The summed E-state index contributed by atoms with van der Waals surface area (Å²) < 4.78 is 63.2. The Morgan fingerprint density at radius 2 is 1.74 bits per heavy atom. The Morgan fingerprint density at radius 3 is 2.11 bits per heavy atom. The third kappa shape index (κ3) is 3.07. The lowest BCUT2D eigenvalue weighted by atomic mass is 10.2. The van der Waals surface area contributed by atoms with Gasteiger partial charge in [-0.3, -0.25) is 0 Å². The first-order chi connectivity index (χ1) is 8.69. The normalized spacial score (nSPS) is 18.3. The van der Waals surface area contributed by atoms with Crippen molar-refractivity contribution in [1.82, 2.24) is 4.72 Å². The SMILES string of the molecule is O=S(=O)(NC1(CO)CC1)c1ccc(C(F)(F)F)cc1. The predicted octanol–water partition coefficient (Wildman–Crippen LogP) is 1.51. The lowest BCUT2D eigenvalue weighted by molar-refractivity contribution is -0.137. The summed E-state index contributed by atoms with van der Waals surface area (Å²) in [4.78, 5) is -0.250. The predicted molar refractivity (Wildman–Crippen MR) is 60.8 cm³/mol. The van der Waals surface area contributed by atoms with E-state index in [4.69, 9.17) is 5.11 Å². The van der Waals surface area contributed by atoms with Gasteiger partial charge in [0.1, 0.15) is 0 Å². The molecule has 8 heteroatoms. The van der Waals surface area contributed by atoms with Crippen molar-refractivity contribution in [2.45, 2.75) is 29.5 Å². The standard InChI is InChI=1S/C11H12F3NO3S/c12-11(13,14)8-1-3-9(4-2-8)19(17,18)15-10(7-16)5-6-10/h1-4,15-16H,5-7H2. The summed E-state index contributed by atoms with van der Waals surface area (Å²) in [5, 5.41) is 9.04. The average molecular weight is 295 g/mol. The largest absolute Gasteiger partial charge is 0.416 e. The summed E-state index contributed by atoms with van der Waals surface area (Å²) in [6.07, 6.45) is -3.47. The Bertz CT molecular complexity index is 562. The van der Waals surface area contributed by atoms with Gasteiger partial charge in [-0.2, -0.15) is 13.2 Å². The molecule has 2 rings (SSSR count). The van der Waals surface area contributed by atoms with E-state index < -0.39 is 27.3 Å². The maximum absolute atomic E-state index is 12.4. The van der Waals surface area contributed by atoms with Crippen molar-refractivity contribution >= 4 is 10.0 Å². The van der Waals surface area contributed by atoms with Gasteiger partial charge >= 0.3 is 6.18 Å². The molecular weight excluding hydrogens is 283 g/mol. The first kappa shape index (κ1) is 14.3. The second-order valence-electron chi connectivity index (χ2n) is 4.57. The van der Waals surface area contributed by atoms with Crippen LogP contribution < -0.4 is 4.72 Å². The van der Waals surface area contributed by atoms with E-state index in [-0.39, 0.29) is 11.5 Å². The number of sulfonamides is 1. The molecule has 0 radical (unpaired) electrons. The van der Waals surface area contributed by atoms with Gasteiger partial charge in [-0.15, -0.1) is 0 Å². The van der Waals surface area contributed by atoms with Crippen LogP contribution in [-0.2, 0) is 16.2 Å². The molecule has 1 aromatic rings. The zero-order chi connectivity index (χ0) is 14.3. The number of nitrogens with one attached hydrogen (secondary N) is 1. The highest BCUT2D eigenvalue weighted by Crippen LogP contribution is 2.36. The third-order valence-electron chi connectivity index (χ3n) is 3.00. The molecule has 0 unspecified atom stereocenters. The van der Waals surface area contributed by atoms with E-state index in [2.05, 4.69) is 4.72 Å². The number of hydrogen-bond donors (Lipinski definition) is 2. The zero-order valence-electron chi connectivity index (χ0n) is 9.74. The molecule has 0 aliphatic heterocycles. The second-order valence-corrected chi connectivity index (χ2v) is 6.25. The molecule has 0 atom stereocenters. The maximum atomic E-state index is 12.4. The molecule has 1 fully saturated rings. The van der Waals surface area contributed by atoms with Crippen LogP contribution in [0.15, 0.2) is 29.2 Å². The number of alkyl halides is 3. The van der Waals surface area contributed by atoms with Gasteiger partial charge < -0.3 is 5.11 Å². The van der Waals surface area contributed by atoms with Crippen molar-refractivity contribution in [1.29, 1.82) is 0 Å². The minimum atomic E-state index is -4.50. The van der Waals surface area contributed by atoms with Gasteiger partial charge in [0.15, 0.2) is 0 Å². The van der Waals surface area contributed by atoms with Gasteiger partial charge in [-0.1, -0.05) is 0 Å². The smallest absolute Gasteiger partial charge is 0.394 e. The summed E-state index contributed by atoms with van der Waals surface area (Å²) in [6, 6.07) is 3.23. The van der Waals surface area contributed by atoms with E-state index in [1.807, 2.05) is 0 Å². The van der Waals surface area contributed by atoms with Crippen LogP contribution in [0.3, 0.4) is 0 Å². The lowest BCUT2D eigenvalue weighted by Crippen LogP contribution is -2.39. The first-order valence-corrected chi connectivity index (χ1v) is 6.99. The zero-order valence-corrected chi connectivity index (χ0v) is 10.6. The highest BCUT2D eigenvalue weighted by molar-refractivity contribution is 7.89. The van der Waals surface area contributed by atoms with Gasteiger partial charge in [0.25, 0.3) is 0 Å². The van der Waals surface area contributed by atoms with Crippen LogP contribution >= 0.6 is 0 Å². The van der Waals surface area contributed by atoms with Crippen molar-refractivity contribution in [2.75, 3.05) is 6.61 Å². The molecule has 0 amide bonds. The molecule has 0 spiro atoms. The van der Waals surface area contributed by atoms with Crippen LogP contribution in [0.5, 0.6) is 0 Å². The van der Waals surface area contributed by atoms with Gasteiger partial charge in [-0.25, -0.2) is 13.1 Å². The molecule has 19 heavy (non-hydrogen) atoms. The lowest BCUT2D eigenvalue weighted by Gasteiger charge is -2.15. The molecule has 106 valence electrons. The van der Waals surface area contributed by atoms with Crippen LogP contribution in [0, 0.1) is 0 Å². The summed E-state index contributed by atoms with van der Waals surface area (Å²) in [5.74, 6) is 0. The average Bonchev–Trinajstić information content (AvgIpc) is 3.08. The molecule has 1 aliphatic rings. The molecule has 1 aliphatic carbocycles. The Kier molecular flexibility index (Phi) is 3.36. The number of aliphatic hydroxyl groups excluding tert-OH is 1. The highest BCUT2D eigenvalue weighted by Gasteiger charge is 2.45. The van der Waals surface area contributed by atoms with Gasteiger partial charge in [0.2, 0.25) is 10.0 Å². The monoisotopic (exact) mass is 295 g/mol. The number of rotatable bonds is 4. The summed E-state index contributed by atoms with van der Waals surface area (Å²) in [6.45, 7) is -0.327. The van der Waals surface area contributed by atoms with Crippen molar-refractivity contribution in [3.63, 3.8) is 0 Å². The summed E-state index contributed by atoms with van der Waals surface area (Å²) >= 11 is 0. The number of hydrogen-bond acceptors (Lipinski definition) is 3. The number of benzene rings is 1. The summed E-state index contributed by atoms with van der Waals surface area (Å²) in [5.41, 5.74) is -1.75. The fourth-order valence-electron chi connectivity index (χ4n) is 1.61. The molecule has 0 heterocycles. The van der Waals surface area contributed by atoms with E-state index in [1.54, 1.807) is 0 Å². The number of aliphatic hydroxyl groups is 1. The number of halogens is 3. The highest BCUT2D eigenvalue weighted by atomic mass is 32.2. The third-order valence-corrected chi connectivity index (χ3v) is 4.59. The van der Waals surface area contributed by atoms with E-state index in [0.29, 0.717) is 25.0 Å². The quantitative estimate of drug-likeness (QED) is 0.885. The van der Waals surface area contributed by atoms with Crippen molar-refractivity contribution in [3.05, 3.63) is 29.8 Å². The fourth-order valence-corrected chi connectivity index (χ4v) is 3.06. The van der Waals surface area contributed by atoms with E-state index >= 15 is 0 Å². The molecule has 1 saturated carbocycles. The van der Waals surface area contributed by atoms with E-state index in [9.17, 15) is 21.6 Å². The molecule has 0 aromatic heterocycles. The minimum Gasteiger partial charge on any atom is -0.394 e. The van der Waals surface area contributed by atoms with E-state index in [1.165, 1.54) is 0 Å². The molecular formula is C11H12F3NO3S.